The van der Waals surface area contributed by atoms with E-state index < -0.39 is 0 Å². The van der Waals surface area contributed by atoms with Gasteiger partial charge in [0.2, 0.25) is 0 Å². The molecule has 0 spiro atoms. The first-order chi connectivity index (χ1) is 10.1. The van der Waals surface area contributed by atoms with E-state index in [4.69, 9.17) is 11.6 Å². The van der Waals surface area contributed by atoms with Gasteiger partial charge in [-0.2, -0.15) is 0 Å². The van der Waals surface area contributed by atoms with Crippen LogP contribution in [0.3, 0.4) is 0 Å². The van der Waals surface area contributed by atoms with Gasteiger partial charge in [0.15, 0.2) is 0 Å². The SMILES string of the molecule is Fc1cc(Cl)ccc1C(Br)Cc1cccc2ccccc12. The van der Waals surface area contributed by atoms with Gasteiger partial charge in [-0.1, -0.05) is 76.1 Å². The fourth-order valence-corrected chi connectivity index (χ4v) is 3.41. The molecule has 0 nitrogen and oxygen atoms in total. The molecule has 3 heteroatoms. The van der Waals surface area contributed by atoms with Gasteiger partial charge in [0.25, 0.3) is 0 Å². The third-order valence-corrected chi connectivity index (χ3v) is 4.63. The van der Waals surface area contributed by atoms with E-state index in [0.717, 1.165) is 6.42 Å². The van der Waals surface area contributed by atoms with Crippen molar-refractivity contribution >= 4 is 38.3 Å². The number of alkyl halides is 1. The van der Waals surface area contributed by atoms with Crippen LogP contribution in [0, 0.1) is 5.82 Å². The molecule has 0 aliphatic heterocycles. The summed E-state index contributed by atoms with van der Waals surface area (Å²) in [6, 6.07) is 19.3. The Kier molecular flexibility index (Phi) is 4.27. The van der Waals surface area contributed by atoms with Gasteiger partial charge >= 0.3 is 0 Å². The van der Waals surface area contributed by atoms with Crippen LogP contribution in [0.2, 0.25) is 5.02 Å². The molecule has 0 saturated heterocycles. The van der Waals surface area contributed by atoms with Crippen LogP contribution in [0.4, 0.5) is 4.39 Å². The Morgan fingerprint density at radius 1 is 1.00 bits per heavy atom. The molecule has 0 amide bonds. The van der Waals surface area contributed by atoms with Gasteiger partial charge < -0.3 is 0 Å². The molecule has 0 aliphatic carbocycles. The molecule has 1 atom stereocenters. The predicted molar refractivity (Wildman–Crippen MR) is 90.7 cm³/mol. The van der Waals surface area contributed by atoms with Crippen molar-refractivity contribution < 1.29 is 4.39 Å². The highest BCUT2D eigenvalue weighted by Crippen LogP contribution is 2.32. The highest BCUT2D eigenvalue weighted by atomic mass is 79.9. The van der Waals surface area contributed by atoms with Crippen LogP contribution in [0.5, 0.6) is 0 Å². The van der Waals surface area contributed by atoms with Crippen LogP contribution < -0.4 is 0 Å². The van der Waals surface area contributed by atoms with Crippen LogP contribution in [0.15, 0.2) is 60.7 Å². The minimum Gasteiger partial charge on any atom is -0.207 e. The summed E-state index contributed by atoms with van der Waals surface area (Å²) in [6.07, 6.45) is 0.722. The number of halogens is 3. The highest BCUT2D eigenvalue weighted by molar-refractivity contribution is 9.09. The minimum atomic E-state index is -0.274. The molecule has 1 unspecified atom stereocenters. The van der Waals surface area contributed by atoms with Crippen molar-refractivity contribution in [1.82, 2.24) is 0 Å². The average molecular weight is 364 g/mol. The molecule has 0 bridgehead atoms. The smallest absolute Gasteiger partial charge is 0.129 e. The van der Waals surface area contributed by atoms with Gasteiger partial charge in [0.1, 0.15) is 5.82 Å². The summed E-state index contributed by atoms with van der Waals surface area (Å²) in [5.74, 6) is -0.274. The van der Waals surface area contributed by atoms with Crippen molar-refractivity contribution in [3.8, 4) is 0 Å². The minimum absolute atomic E-state index is 0.0828. The lowest BCUT2D eigenvalue weighted by molar-refractivity contribution is 0.608. The Labute approximate surface area is 136 Å². The van der Waals surface area contributed by atoms with Crippen molar-refractivity contribution in [2.75, 3.05) is 0 Å². The lowest BCUT2D eigenvalue weighted by Gasteiger charge is -2.13. The van der Waals surface area contributed by atoms with Crippen molar-refractivity contribution in [2.24, 2.45) is 0 Å². The number of benzene rings is 3. The lowest BCUT2D eigenvalue weighted by atomic mass is 9.98. The molecular weight excluding hydrogens is 351 g/mol. The number of hydrogen-bond donors (Lipinski definition) is 0. The van der Waals surface area contributed by atoms with Gasteiger partial charge in [-0.25, -0.2) is 4.39 Å². The quantitative estimate of drug-likeness (QED) is 0.478. The van der Waals surface area contributed by atoms with Crippen LogP contribution in [-0.4, -0.2) is 0 Å². The monoisotopic (exact) mass is 362 g/mol. The molecule has 0 aromatic heterocycles. The van der Waals surface area contributed by atoms with Crippen LogP contribution in [0.1, 0.15) is 16.0 Å². The van der Waals surface area contributed by atoms with Crippen molar-refractivity contribution in [3.63, 3.8) is 0 Å². The Morgan fingerprint density at radius 2 is 1.76 bits per heavy atom. The first-order valence-electron chi connectivity index (χ1n) is 6.71. The van der Waals surface area contributed by atoms with Crippen molar-refractivity contribution in [3.05, 3.63) is 82.6 Å². The molecule has 0 saturated carbocycles. The van der Waals surface area contributed by atoms with E-state index in [-0.39, 0.29) is 10.6 Å². The zero-order valence-electron chi connectivity index (χ0n) is 11.2. The second kappa shape index (κ2) is 6.17. The van der Waals surface area contributed by atoms with Crippen LogP contribution in [-0.2, 0) is 6.42 Å². The Bertz CT molecular complexity index is 780. The molecule has 3 aromatic rings. The number of hydrogen-bond acceptors (Lipinski definition) is 0. The molecular formula is C18H13BrClF. The average Bonchev–Trinajstić information content (AvgIpc) is 2.47. The maximum atomic E-state index is 14.0. The van der Waals surface area contributed by atoms with Gasteiger partial charge in [0, 0.05) is 15.4 Å². The predicted octanol–water partition coefficient (Wildman–Crippen LogP) is 6.31. The summed E-state index contributed by atoms with van der Waals surface area (Å²) in [5.41, 5.74) is 1.83. The summed E-state index contributed by atoms with van der Waals surface area (Å²) in [7, 11) is 0. The summed E-state index contributed by atoms with van der Waals surface area (Å²) < 4.78 is 14.0. The first-order valence-corrected chi connectivity index (χ1v) is 8.00. The van der Waals surface area contributed by atoms with E-state index in [0.29, 0.717) is 10.6 Å². The molecule has 21 heavy (non-hydrogen) atoms. The van der Waals surface area contributed by atoms with Crippen molar-refractivity contribution in [2.45, 2.75) is 11.2 Å². The largest absolute Gasteiger partial charge is 0.207 e. The first kappa shape index (κ1) is 14.6. The third-order valence-electron chi connectivity index (χ3n) is 3.58. The molecule has 0 N–H and O–H groups in total. The lowest BCUT2D eigenvalue weighted by Crippen LogP contribution is -1.99. The third kappa shape index (κ3) is 3.12. The van der Waals surface area contributed by atoms with Gasteiger partial charge in [-0.3, -0.25) is 0 Å². The van der Waals surface area contributed by atoms with Crippen molar-refractivity contribution in [1.29, 1.82) is 0 Å². The second-order valence-corrected chi connectivity index (χ2v) is 6.52. The maximum absolute atomic E-state index is 14.0. The molecule has 0 radical (unpaired) electrons. The Balaban J connectivity index is 1.94. The fourth-order valence-electron chi connectivity index (χ4n) is 2.53. The van der Waals surface area contributed by atoms with Gasteiger partial charge in [-0.15, -0.1) is 0 Å². The number of fused-ring (bicyclic) bond motifs is 1. The molecule has 0 aliphatic rings. The standard InChI is InChI=1S/C18H13BrClF/c19-17(16-9-8-14(20)11-18(16)21)10-13-6-3-5-12-4-1-2-7-15(12)13/h1-9,11,17H,10H2. The topological polar surface area (TPSA) is 0 Å². The summed E-state index contributed by atoms with van der Waals surface area (Å²) in [6.45, 7) is 0. The van der Waals surface area contributed by atoms with E-state index in [1.165, 1.54) is 22.4 Å². The fraction of sp³-hybridized carbons (Fsp3) is 0.111. The summed E-state index contributed by atoms with van der Waals surface area (Å²) >= 11 is 9.41. The second-order valence-electron chi connectivity index (χ2n) is 4.98. The maximum Gasteiger partial charge on any atom is 0.129 e. The van der Waals surface area contributed by atoms with E-state index in [2.05, 4.69) is 40.2 Å². The van der Waals surface area contributed by atoms with Crippen LogP contribution >= 0.6 is 27.5 Å². The Morgan fingerprint density at radius 3 is 2.57 bits per heavy atom. The molecule has 0 fully saturated rings. The van der Waals surface area contributed by atoms with E-state index in [1.807, 2.05) is 18.2 Å². The zero-order chi connectivity index (χ0) is 14.8. The summed E-state index contributed by atoms with van der Waals surface area (Å²) in [4.78, 5) is -0.0828. The normalized spacial score (nSPS) is 12.5. The van der Waals surface area contributed by atoms with E-state index in [9.17, 15) is 4.39 Å². The van der Waals surface area contributed by atoms with E-state index in [1.54, 1.807) is 12.1 Å². The van der Waals surface area contributed by atoms with E-state index >= 15 is 0 Å². The number of rotatable bonds is 3. The molecule has 3 aromatic carbocycles. The van der Waals surface area contributed by atoms with Gasteiger partial charge in [-0.05, 0) is 34.9 Å². The molecule has 0 heterocycles. The molecule has 3 rings (SSSR count). The zero-order valence-corrected chi connectivity index (χ0v) is 13.5. The van der Waals surface area contributed by atoms with Gasteiger partial charge in [0.05, 0.1) is 0 Å². The Hall–Kier alpha value is -1.38. The van der Waals surface area contributed by atoms with Crippen LogP contribution in [0.25, 0.3) is 10.8 Å². The highest BCUT2D eigenvalue weighted by Gasteiger charge is 2.14. The molecule has 106 valence electrons. The summed E-state index contributed by atoms with van der Waals surface area (Å²) in [5, 5.41) is 2.83.